The van der Waals surface area contributed by atoms with Crippen molar-refractivity contribution in [1.29, 1.82) is 0 Å². The van der Waals surface area contributed by atoms with Gasteiger partial charge in [0, 0.05) is 5.56 Å². The zero-order valence-corrected chi connectivity index (χ0v) is 14.0. The van der Waals surface area contributed by atoms with Crippen molar-refractivity contribution in [3.8, 4) is 5.75 Å². The molecule has 0 atom stereocenters. The number of hydrogen-bond acceptors (Lipinski definition) is 6. The molecule has 132 valence electrons. The molecule has 6 nitrogen and oxygen atoms in total. The highest BCUT2D eigenvalue weighted by Gasteiger charge is 2.24. The van der Waals surface area contributed by atoms with Gasteiger partial charge in [-0.3, -0.25) is 0 Å². The second kappa shape index (κ2) is 7.13. The second-order valence-corrected chi connectivity index (χ2v) is 5.64. The number of carbonyl (C=O) groups is 2. The van der Waals surface area contributed by atoms with Gasteiger partial charge in [-0.15, -0.1) is 0 Å². The Bertz CT molecular complexity index is 1050. The Morgan fingerprint density at radius 1 is 1.00 bits per heavy atom. The largest absolute Gasteiger partial charge is 0.457 e. The van der Waals surface area contributed by atoms with E-state index >= 15 is 0 Å². The molecule has 27 heavy (non-hydrogen) atoms. The number of benzene rings is 2. The molecule has 1 aliphatic heterocycles. The van der Waals surface area contributed by atoms with E-state index in [0.29, 0.717) is 11.3 Å². The number of ether oxygens (including phenoxy) is 2. The Morgan fingerprint density at radius 2 is 1.85 bits per heavy atom. The van der Waals surface area contributed by atoms with E-state index in [9.17, 15) is 9.59 Å². The molecule has 0 fully saturated rings. The summed E-state index contributed by atoms with van der Waals surface area (Å²) in [5.41, 5.74) is 1.53. The maximum absolute atomic E-state index is 12.1. The van der Waals surface area contributed by atoms with Gasteiger partial charge in [0.1, 0.15) is 5.75 Å². The van der Waals surface area contributed by atoms with Gasteiger partial charge in [0.25, 0.3) is 0 Å². The molecular weight excluding hydrogens is 346 g/mol. The van der Waals surface area contributed by atoms with Crippen LogP contribution in [0.4, 0.5) is 0 Å². The quantitative estimate of drug-likeness (QED) is 0.402. The van der Waals surface area contributed by atoms with Crippen LogP contribution in [0.15, 0.2) is 88.1 Å². The van der Waals surface area contributed by atoms with E-state index in [1.54, 1.807) is 36.4 Å². The summed E-state index contributed by atoms with van der Waals surface area (Å²) < 4.78 is 15.5. The van der Waals surface area contributed by atoms with E-state index in [4.69, 9.17) is 13.9 Å². The summed E-state index contributed by atoms with van der Waals surface area (Å²) in [5.74, 6) is -0.451. The molecule has 1 aromatic heterocycles. The Morgan fingerprint density at radius 3 is 2.63 bits per heavy atom. The smallest absolute Gasteiger partial charge is 0.379 e. The number of furan rings is 1. The topological polar surface area (TPSA) is 78.1 Å². The number of hydrogen-bond donors (Lipinski definition) is 0. The van der Waals surface area contributed by atoms with Crippen molar-refractivity contribution in [2.45, 2.75) is 0 Å². The van der Waals surface area contributed by atoms with Gasteiger partial charge in [-0.25, -0.2) is 14.6 Å². The molecule has 2 aromatic carbocycles. The summed E-state index contributed by atoms with van der Waals surface area (Å²) in [6.45, 7) is 0. The maximum Gasteiger partial charge on any atom is 0.379 e. The van der Waals surface area contributed by atoms with Gasteiger partial charge in [-0.05, 0) is 48.0 Å². The zero-order chi connectivity index (χ0) is 18.6. The maximum atomic E-state index is 12.1. The lowest BCUT2D eigenvalue weighted by molar-refractivity contribution is -0.129. The predicted octanol–water partition coefficient (Wildman–Crippen LogP) is 3.84. The lowest BCUT2D eigenvalue weighted by Gasteiger charge is -2.03. The van der Waals surface area contributed by atoms with E-state index in [2.05, 4.69) is 4.99 Å². The van der Waals surface area contributed by atoms with Gasteiger partial charge < -0.3 is 13.9 Å². The molecule has 3 aromatic rings. The average molecular weight is 359 g/mol. The van der Waals surface area contributed by atoms with Gasteiger partial charge >= 0.3 is 11.9 Å². The highest BCUT2D eigenvalue weighted by Crippen LogP contribution is 2.22. The van der Waals surface area contributed by atoms with Crippen LogP contribution in [0.5, 0.6) is 5.75 Å². The monoisotopic (exact) mass is 359 g/mol. The van der Waals surface area contributed by atoms with Crippen molar-refractivity contribution in [1.82, 2.24) is 0 Å². The van der Waals surface area contributed by atoms with E-state index in [-0.39, 0.29) is 17.4 Å². The van der Waals surface area contributed by atoms with E-state index in [1.165, 1.54) is 12.3 Å². The molecule has 0 aliphatic carbocycles. The van der Waals surface area contributed by atoms with Crippen LogP contribution in [0.3, 0.4) is 0 Å². The van der Waals surface area contributed by atoms with Crippen molar-refractivity contribution in [3.63, 3.8) is 0 Å². The summed E-state index contributed by atoms with van der Waals surface area (Å²) in [5, 5.41) is 0. The number of esters is 2. The fourth-order valence-corrected chi connectivity index (χ4v) is 2.49. The van der Waals surface area contributed by atoms with Crippen molar-refractivity contribution >= 4 is 23.9 Å². The van der Waals surface area contributed by atoms with Crippen LogP contribution in [0.25, 0.3) is 6.08 Å². The molecule has 0 radical (unpaired) electrons. The van der Waals surface area contributed by atoms with Gasteiger partial charge in [-0.1, -0.05) is 30.3 Å². The van der Waals surface area contributed by atoms with Crippen LogP contribution in [0.2, 0.25) is 0 Å². The Labute approximate surface area is 154 Å². The van der Waals surface area contributed by atoms with Crippen LogP contribution in [-0.4, -0.2) is 17.8 Å². The molecule has 0 N–H and O–H groups in total. The van der Waals surface area contributed by atoms with Crippen LogP contribution >= 0.6 is 0 Å². The molecule has 0 unspecified atom stereocenters. The van der Waals surface area contributed by atoms with Crippen LogP contribution in [0, 0.1) is 0 Å². The second-order valence-electron chi connectivity index (χ2n) is 5.64. The Kier molecular flexibility index (Phi) is 4.37. The van der Waals surface area contributed by atoms with Crippen LogP contribution in [0.1, 0.15) is 21.7 Å². The number of aliphatic imine (C=N–C) groups is 1. The lowest BCUT2D eigenvalue weighted by atomic mass is 10.2. The summed E-state index contributed by atoms with van der Waals surface area (Å²) >= 11 is 0. The van der Waals surface area contributed by atoms with Gasteiger partial charge in [0.2, 0.25) is 11.7 Å². The molecule has 4 rings (SSSR count). The van der Waals surface area contributed by atoms with Crippen LogP contribution < -0.4 is 4.74 Å². The molecule has 0 amide bonds. The minimum absolute atomic E-state index is 0.107. The first kappa shape index (κ1) is 16.5. The third kappa shape index (κ3) is 3.69. The summed E-state index contributed by atoms with van der Waals surface area (Å²) in [6, 6.07) is 19.0. The molecule has 0 saturated carbocycles. The number of carbonyl (C=O) groups excluding carboxylic acids is 2. The Balaban J connectivity index is 1.56. The number of cyclic esters (lactones) is 1. The van der Waals surface area contributed by atoms with Gasteiger partial charge in [-0.2, -0.15) is 0 Å². The van der Waals surface area contributed by atoms with Crippen molar-refractivity contribution < 1.29 is 23.5 Å². The molecule has 0 spiro atoms. The molecular formula is C21H13NO5. The highest BCUT2D eigenvalue weighted by molar-refractivity contribution is 6.12. The minimum atomic E-state index is -0.602. The van der Waals surface area contributed by atoms with Crippen LogP contribution in [-0.2, 0) is 9.53 Å². The Hall–Kier alpha value is -3.93. The first-order chi connectivity index (χ1) is 13.2. The SMILES string of the molecule is O=C1OC(c2ccccc2)=NC1=Cc1cccc(OC(=O)c2ccco2)c1. The molecule has 6 heteroatoms. The summed E-state index contributed by atoms with van der Waals surface area (Å²) in [7, 11) is 0. The molecule has 1 aliphatic rings. The minimum Gasteiger partial charge on any atom is -0.457 e. The highest BCUT2D eigenvalue weighted by atomic mass is 16.6. The molecule has 2 heterocycles. The molecule has 0 saturated heterocycles. The fourth-order valence-electron chi connectivity index (χ4n) is 2.49. The summed E-state index contributed by atoms with van der Waals surface area (Å²) in [6.07, 6.45) is 2.97. The summed E-state index contributed by atoms with van der Waals surface area (Å²) in [4.78, 5) is 28.3. The van der Waals surface area contributed by atoms with E-state index in [1.807, 2.05) is 30.3 Å². The fraction of sp³-hybridized carbons (Fsp3) is 0. The molecule has 0 bridgehead atoms. The van der Waals surface area contributed by atoms with E-state index < -0.39 is 11.9 Å². The number of nitrogens with zero attached hydrogens (tertiary/aromatic N) is 1. The predicted molar refractivity (Wildman–Crippen MR) is 97.2 cm³/mol. The zero-order valence-electron chi connectivity index (χ0n) is 14.0. The first-order valence-electron chi connectivity index (χ1n) is 8.13. The van der Waals surface area contributed by atoms with Crippen molar-refractivity contribution in [2.75, 3.05) is 0 Å². The third-order valence-electron chi connectivity index (χ3n) is 3.74. The third-order valence-corrected chi connectivity index (χ3v) is 3.74. The van der Waals surface area contributed by atoms with Gasteiger partial charge in [0.15, 0.2) is 5.70 Å². The van der Waals surface area contributed by atoms with E-state index in [0.717, 1.165) is 5.56 Å². The average Bonchev–Trinajstić information content (AvgIpc) is 3.34. The standard InChI is InChI=1S/C21H13NO5/c23-20-17(22-19(27-20)15-7-2-1-3-8-15)13-14-6-4-9-16(12-14)26-21(24)18-10-5-11-25-18/h1-13H. The van der Waals surface area contributed by atoms with Gasteiger partial charge in [0.05, 0.1) is 6.26 Å². The lowest BCUT2D eigenvalue weighted by Crippen LogP contribution is -2.07. The normalized spacial score (nSPS) is 14.7. The van der Waals surface area contributed by atoms with Crippen molar-refractivity contribution in [3.05, 3.63) is 95.6 Å². The van der Waals surface area contributed by atoms with Crippen molar-refractivity contribution in [2.24, 2.45) is 4.99 Å². The number of rotatable bonds is 4. The first-order valence-corrected chi connectivity index (χ1v) is 8.13.